The Bertz CT molecular complexity index is 861. The van der Waals surface area contributed by atoms with E-state index in [0.717, 1.165) is 23.2 Å². The maximum absolute atomic E-state index is 12.1. The van der Waals surface area contributed by atoms with Gasteiger partial charge >= 0.3 is 5.97 Å². The molecule has 1 amide bonds. The van der Waals surface area contributed by atoms with Crippen LogP contribution in [0.2, 0.25) is 0 Å². The van der Waals surface area contributed by atoms with Crippen LogP contribution in [0.4, 0.5) is 11.4 Å². The maximum Gasteiger partial charge on any atom is 0.338 e. The third kappa shape index (κ3) is 4.44. The quantitative estimate of drug-likeness (QED) is 0.485. The van der Waals surface area contributed by atoms with Crippen LogP contribution in [0.25, 0.3) is 0 Å². The van der Waals surface area contributed by atoms with Gasteiger partial charge in [-0.15, -0.1) is 0 Å². The Balaban J connectivity index is 2.00. The molecule has 136 valence electrons. The molecule has 0 aliphatic carbocycles. The molecule has 0 unspecified atom stereocenters. The molecule has 0 aliphatic heterocycles. The van der Waals surface area contributed by atoms with Crippen molar-refractivity contribution in [2.24, 2.45) is 0 Å². The van der Waals surface area contributed by atoms with Crippen molar-refractivity contribution in [1.82, 2.24) is 0 Å². The first-order valence-corrected chi connectivity index (χ1v) is 8.14. The van der Waals surface area contributed by atoms with Crippen molar-refractivity contribution in [3.8, 4) is 0 Å². The summed E-state index contributed by atoms with van der Waals surface area (Å²) in [5.41, 5.74) is 3.08. The number of benzene rings is 2. The Kier molecular flexibility index (Phi) is 6.06. The third-order valence-corrected chi connectivity index (χ3v) is 3.97. The van der Waals surface area contributed by atoms with Crippen molar-refractivity contribution in [3.05, 3.63) is 68.8 Å². The number of anilines is 1. The van der Waals surface area contributed by atoms with Crippen LogP contribution in [-0.4, -0.2) is 23.4 Å². The van der Waals surface area contributed by atoms with Crippen molar-refractivity contribution >= 4 is 23.3 Å². The lowest BCUT2D eigenvalue weighted by Gasteiger charge is -2.13. The summed E-state index contributed by atoms with van der Waals surface area (Å²) in [7, 11) is 0. The minimum atomic E-state index is -0.710. The Morgan fingerprint density at radius 1 is 1.15 bits per heavy atom. The van der Waals surface area contributed by atoms with Gasteiger partial charge in [-0.1, -0.05) is 25.1 Å². The van der Waals surface area contributed by atoms with Gasteiger partial charge in [0.15, 0.2) is 6.61 Å². The van der Waals surface area contributed by atoms with Gasteiger partial charge in [0.1, 0.15) is 0 Å². The summed E-state index contributed by atoms with van der Waals surface area (Å²) in [4.78, 5) is 34.4. The molecular weight excluding hydrogens is 336 g/mol. The highest BCUT2D eigenvalue weighted by Crippen LogP contribution is 2.21. The second-order valence-electron chi connectivity index (χ2n) is 5.85. The van der Waals surface area contributed by atoms with Gasteiger partial charge in [0, 0.05) is 17.3 Å². The van der Waals surface area contributed by atoms with Crippen molar-refractivity contribution in [1.29, 1.82) is 0 Å². The zero-order chi connectivity index (χ0) is 19.3. The van der Waals surface area contributed by atoms with E-state index in [4.69, 9.17) is 4.74 Å². The predicted molar refractivity (Wildman–Crippen MR) is 97.3 cm³/mol. The first-order chi connectivity index (χ1) is 12.3. The number of nitrogens with one attached hydrogen (secondary N) is 1. The van der Waals surface area contributed by atoms with Crippen LogP contribution in [0.5, 0.6) is 0 Å². The van der Waals surface area contributed by atoms with Crippen molar-refractivity contribution in [3.63, 3.8) is 0 Å². The number of carbonyl (C=O) groups is 2. The highest BCUT2D eigenvalue weighted by atomic mass is 16.6. The van der Waals surface area contributed by atoms with Crippen LogP contribution in [0.3, 0.4) is 0 Å². The second-order valence-corrected chi connectivity index (χ2v) is 5.85. The Labute approximate surface area is 151 Å². The largest absolute Gasteiger partial charge is 0.452 e. The minimum Gasteiger partial charge on any atom is -0.452 e. The molecular formula is C19H20N2O5. The summed E-state index contributed by atoms with van der Waals surface area (Å²) in [6.45, 7) is 4.97. The number of amides is 1. The molecule has 0 saturated heterocycles. The van der Waals surface area contributed by atoms with E-state index in [1.165, 1.54) is 25.1 Å². The van der Waals surface area contributed by atoms with Crippen LogP contribution in [0.15, 0.2) is 36.4 Å². The molecule has 0 fully saturated rings. The number of nitro benzene ring substituents is 1. The topological polar surface area (TPSA) is 98.5 Å². The van der Waals surface area contributed by atoms with Crippen LogP contribution >= 0.6 is 0 Å². The lowest BCUT2D eigenvalue weighted by Crippen LogP contribution is -2.22. The molecule has 2 aromatic rings. The number of para-hydroxylation sites is 1. The average molecular weight is 356 g/mol. The molecule has 0 aliphatic rings. The zero-order valence-electron chi connectivity index (χ0n) is 14.9. The second kappa shape index (κ2) is 8.24. The molecule has 0 saturated carbocycles. The Morgan fingerprint density at radius 3 is 2.50 bits per heavy atom. The van der Waals surface area contributed by atoms with Gasteiger partial charge in [-0.05, 0) is 43.5 Å². The number of esters is 1. The van der Waals surface area contributed by atoms with Crippen LogP contribution in [0.1, 0.15) is 34.0 Å². The minimum absolute atomic E-state index is 0.0778. The predicted octanol–water partition coefficient (Wildman–Crippen LogP) is 3.57. The van der Waals surface area contributed by atoms with Crippen molar-refractivity contribution < 1.29 is 19.2 Å². The van der Waals surface area contributed by atoms with E-state index in [-0.39, 0.29) is 11.3 Å². The molecule has 2 aromatic carbocycles. The first-order valence-electron chi connectivity index (χ1n) is 8.14. The lowest BCUT2D eigenvalue weighted by atomic mass is 10.1. The molecule has 2 rings (SSSR count). The number of hydrogen-bond acceptors (Lipinski definition) is 5. The summed E-state index contributed by atoms with van der Waals surface area (Å²) in [6.07, 6.45) is 0.763. The fourth-order valence-electron chi connectivity index (χ4n) is 2.58. The van der Waals surface area contributed by atoms with E-state index in [1.54, 1.807) is 0 Å². The zero-order valence-corrected chi connectivity index (χ0v) is 14.9. The Morgan fingerprint density at radius 2 is 1.88 bits per heavy atom. The number of carbonyl (C=O) groups excluding carboxylic acids is 2. The molecule has 26 heavy (non-hydrogen) atoms. The number of aryl methyl sites for hydroxylation is 3. The standard InChI is InChI=1S/C19H20N2O5/c1-4-14-7-5-6-12(2)18(14)20-17(22)11-26-19(23)15-8-9-16(21(24)25)13(3)10-15/h5-10H,4,11H2,1-3H3,(H,20,22). The molecule has 0 spiro atoms. The van der Waals surface area contributed by atoms with E-state index in [1.807, 2.05) is 32.0 Å². The fourth-order valence-corrected chi connectivity index (χ4v) is 2.58. The summed E-state index contributed by atoms with van der Waals surface area (Å²) in [5.74, 6) is -1.15. The van der Waals surface area contributed by atoms with Gasteiger partial charge in [-0.25, -0.2) is 4.79 Å². The highest BCUT2D eigenvalue weighted by Gasteiger charge is 2.16. The van der Waals surface area contributed by atoms with Gasteiger partial charge < -0.3 is 10.1 Å². The van der Waals surface area contributed by atoms with Gasteiger partial charge in [-0.2, -0.15) is 0 Å². The molecule has 7 heteroatoms. The summed E-state index contributed by atoms with van der Waals surface area (Å²) in [5, 5.41) is 13.6. The van der Waals surface area contributed by atoms with E-state index < -0.39 is 23.4 Å². The monoisotopic (exact) mass is 356 g/mol. The van der Waals surface area contributed by atoms with E-state index in [2.05, 4.69) is 5.32 Å². The van der Waals surface area contributed by atoms with Crippen LogP contribution < -0.4 is 5.32 Å². The summed E-state index contributed by atoms with van der Waals surface area (Å²) < 4.78 is 5.01. The maximum atomic E-state index is 12.1. The van der Waals surface area contributed by atoms with Gasteiger partial charge in [-0.3, -0.25) is 14.9 Å². The molecule has 0 atom stereocenters. The van der Waals surface area contributed by atoms with Crippen molar-refractivity contribution in [2.75, 3.05) is 11.9 Å². The fraction of sp³-hybridized carbons (Fsp3) is 0.263. The Hall–Kier alpha value is -3.22. The van der Waals surface area contributed by atoms with E-state index in [9.17, 15) is 19.7 Å². The van der Waals surface area contributed by atoms with Gasteiger partial charge in [0.2, 0.25) is 0 Å². The molecule has 0 heterocycles. The molecule has 1 N–H and O–H groups in total. The summed E-state index contributed by atoms with van der Waals surface area (Å²) in [6, 6.07) is 9.65. The number of rotatable bonds is 6. The smallest absolute Gasteiger partial charge is 0.338 e. The van der Waals surface area contributed by atoms with Gasteiger partial charge in [0.05, 0.1) is 10.5 Å². The van der Waals surface area contributed by atoms with E-state index >= 15 is 0 Å². The highest BCUT2D eigenvalue weighted by molar-refractivity contribution is 5.96. The van der Waals surface area contributed by atoms with E-state index in [0.29, 0.717) is 5.56 Å². The molecule has 0 radical (unpaired) electrons. The summed E-state index contributed by atoms with van der Waals surface area (Å²) >= 11 is 0. The SMILES string of the molecule is CCc1cccc(C)c1NC(=O)COC(=O)c1ccc([N+](=O)[O-])c(C)c1. The molecule has 0 aromatic heterocycles. The number of nitrogens with zero attached hydrogens (tertiary/aromatic N) is 1. The normalized spacial score (nSPS) is 10.3. The average Bonchev–Trinajstić information content (AvgIpc) is 2.60. The van der Waals surface area contributed by atoms with Gasteiger partial charge in [0.25, 0.3) is 11.6 Å². The number of hydrogen-bond donors (Lipinski definition) is 1. The lowest BCUT2D eigenvalue weighted by molar-refractivity contribution is -0.385. The van der Waals surface area contributed by atoms with Crippen LogP contribution in [-0.2, 0) is 16.0 Å². The third-order valence-electron chi connectivity index (χ3n) is 3.97. The number of ether oxygens (including phenoxy) is 1. The number of nitro groups is 1. The molecule has 7 nitrogen and oxygen atoms in total. The molecule has 0 bridgehead atoms. The van der Waals surface area contributed by atoms with Crippen molar-refractivity contribution in [2.45, 2.75) is 27.2 Å². The first kappa shape index (κ1) is 19.1. The van der Waals surface area contributed by atoms with Crippen LogP contribution in [0, 0.1) is 24.0 Å².